The van der Waals surface area contributed by atoms with Gasteiger partial charge >= 0.3 is 0 Å². The second kappa shape index (κ2) is 8.27. The molecule has 1 aliphatic heterocycles. The summed E-state index contributed by atoms with van der Waals surface area (Å²) in [7, 11) is 3.29. The molecule has 6 nitrogen and oxygen atoms in total. The van der Waals surface area contributed by atoms with E-state index in [1.807, 2.05) is 53.4 Å². The number of hydrogen-bond donors (Lipinski definition) is 1. The van der Waals surface area contributed by atoms with Gasteiger partial charge in [0.2, 0.25) is 0 Å². The van der Waals surface area contributed by atoms with Crippen molar-refractivity contribution in [3.63, 3.8) is 0 Å². The predicted octanol–water partition coefficient (Wildman–Crippen LogP) is 4.32. The summed E-state index contributed by atoms with van der Waals surface area (Å²) in [5.74, 6) is 0.689. The fraction of sp³-hybridized carbons (Fsp3) is 0.273. The lowest BCUT2D eigenvalue weighted by Crippen LogP contribution is -2.31. The highest BCUT2D eigenvalue weighted by molar-refractivity contribution is 6.31. The zero-order valence-electron chi connectivity index (χ0n) is 16.3. The van der Waals surface area contributed by atoms with Crippen LogP contribution >= 0.6 is 11.6 Å². The van der Waals surface area contributed by atoms with E-state index in [0.717, 1.165) is 34.6 Å². The normalized spacial score (nSPS) is 15.6. The van der Waals surface area contributed by atoms with Gasteiger partial charge in [0.1, 0.15) is 11.4 Å². The van der Waals surface area contributed by atoms with Crippen LogP contribution in [0.1, 0.15) is 34.1 Å². The number of halogens is 1. The molecule has 3 aromatic rings. The van der Waals surface area contributed by atoms with Crippen LogP contribution in [-0.2, 0) is 4.74 Å². The Hall–Kier alpha value is -2.83. The van der Waals surface area contributed by atoms with E-state index in [-0.39, 0.29) is 11.9 Å². The van der Waals surface area contributed by atoms with Crippen molar-refractivity contribution >= 4 is 17.5 Å². The Kier molecular flexibility index (Phi) is 5.56. The van der Waals surface area contributed by atoms with Gasteiger partial charge in [0.05, 0.1) is 18.8 Å². The quantitative estimate of drug-likeness (QED) is 0.588. The standard InChI is InChI=1S/C22H22ClN3O3/c1-28-13-5-12-26-21(16-6-3-4-7-17(16)23)18-19(24-25-20(18)22(26)27)14-8-10-15(29-2)11-9-14/h3-4,6-11,21H,5,12-13H2,1-2H3,(H,24,25). The summed E-state index contributed by atoms with van der Waals surface area (Å²) in [5, 5.41) is 8.05. The Balaban J connectivity index is 1.81. The summed E-state index contributed by atoms with van der Waals surface area (Å²) in [4.78, 5) is 15.0. The molecule has 2 heterocycles. The molecule has 29 heavy (non-hydrogen) atoms. The first kappa shape index (κ1) is 19.5. The first-order chi connectivity index (χ1) is 14.2. The van der Waals surface area contributed by atoms with E-state index in [9.17, 15) is 4.79 Å². The number of carbonyl (C=O) groups excluding carboxylic acids is 1. The number of benzene rings is 2. The lowest BCUT2D eigenvalue weighted by Gasteiger charge is -2.27. The third kappa shape index (κ3) is 3.50. The third-order valence-electron chi connectivity index (χ3n) is 5.17. The van der Waals surface area contributed by atoms with Crippen molar-refractivity contribution < 1.29 is 14.3 Å². The number of carbonyl (C=O) groups is 1. The summed E-state index contributed by atoms with van der Waals surface area (Å²) in [6.45, 7) is 1.14. The van der Waals surface area contributed by atoms with Crippen molar-refractivity contribution in [1.82, 2.24) is 15.1 Å². The number of methoxy groups -OCH3 is 2. The van der Waals surface area contributed by atoms with Gasteiger partial charge in [-0.05, 0) is 42.3 Å². The van der Waals surface area contributed by atoms with Gasteiger partial charge in [-0.1, -0.05) is 29.8 Å². The molecule has 1 N–H and O–H groups in total. The summed E-state index contributed by atoms with van der Waals surface area (Å²) in [6.07, 6.45) is 0.735. The number of aromatic amines is 1. The third-order valence-corrected chi connectivity index (χ3v) is 5.52. The molecular formula is C22H22ClN3O3. The molecule has 0 radical (unpaired) electrons. The number of aromatic nitrogens is 2. The van der Waals surface area contributed by atoms with Crippen molar-refractivity contribution in [3.8, 4) is 17.0 Å². The summed E-state index contributed by atoms with van der Waals surface area (Å²) < 4.78 is 10.4. The fourth-order valence-corrected chi connectivity index (χ4v) is 4.03. The monoisotopic (exact) mass is 411 g/mol. The van der Waals surface area contributed by atoms with Crippen LogP contribution in [0.15, 0.2) is 48.5 Å². The molecule has 0 saturated heterocycles. The smallest absolute Gasteiger partial charge is 0.273 e. The molecule has 1 aromatic heterocycles. The SMILES string of the molecule is COCCCN1C(=O)c2[nH]nc(-c3ccc(OC)cc3)c2C1c1ccccc1Cl. The Labute approximate surface area is 174 Å². The van der Waals surface area contributed by atoms with Gasteiger partial charge in [0.25, 0.3) is 5.91 Å². The first-order valence-electron chi connectivity index (χ1n) is 9.42. The number of fused-ring (bicyclic) bond motifs is 1. The molecule has 0 bridgehead atoms. The van der Waals surface area contributed by atoms with Gasteiger partial charge in [-0.2, -0.15) is 5.10 Å². The maximum absolute atomic E-state index is 13.2. The van der Waals surface area contributed by atoms with E-state index in [2.05, 4.69) is 10.2 Å². The second-order valence-electron chi connectivity index (χ2n) is 6.86. The lowest BCUT2D eigenvalue weighted by atomic mass is 9.96. The highest BCUT2D eigenvalue weighted by Gasteiger charge is 2.42. The average molecular weight is 412 g/mol. The summed E-state index contributed by atoms with van der Waals surface area (Å²) in [6, 6.07) is 15.0. The minimum Gasteiger partial charge on any atom is -0.497 e. The van der Waals surface area contributed by atoms with Crippen LogP contribution in [0.5, 0.6) is 5.75 Å². The molecule has 0 spiro atoms. The van der Waals surface area contributed by atoms with E-state index in [0.29, 0.717) is 23.9 Å². The van der Waals surface area contributed by atoms with Gasteiger partial charge in [0, 0.05) is 36.4 Å². The molecule has 0 saturated carbocycles. The number of H-pyrrole nitrogens is 1. The minimum absolute atomic E-state index is 0.0757. The van der Waals surface area contributed by atoms with Crippen molar-refractivity contribution in [2.45, 2.75) is 12.5 Å². The Morgan fingerprint density at radius 2 is 1.90 bits per heavy atom. The Morgan fingerprint density at radius 1 is 1.14 bits per heavy atom. The van der Waals surface area contributed by atoms with Crippen LogP contribution in [-0.4, -0.2) is 48.4 Å². The number of rotatable bonds is 7. The van der Waals surface area contributed by atoms with Crippen LogP contribution in [0.3, 0.4) is 0 Å². The number of nitrogens with one attached hydrogen (secondary N) is 1. The summed E-state index contributed by atoms with van der Waals surface area (Å²) in [5.41, 5.74) is 3.90. The van der Waals surface area contributed by atoms with E-state index in [4.69, 9.17) is 21.1 Å². The van der Waals surface area contributed by atoms with Crippen LogP contribution in [0.4, 0.5) is 0 Å². The molecule has 7 heteroatoms. The first-order valence-corrected chi connectivity index (χ1v) is 9.80. The van der Waals surface area contributed by atoms with E-state index < -0.39 is 0 Å². The van der Waals surface area contributed by atoms with Crippen molar-refractivity contribution in [2.24, 2.45) is 0 Å². The highest BCUT2D eigenvalue weighted by Crippen LogP contribution is 2.44. The van der Waals surface area contributed by atoms with Crippen LogP contribution in [0, 0.1) is 0 Å². The van der Waals surface area contributed by atoms with E-state index in [1.54, 1.807) is 14.2 Å². The van der Waals surface area contributed by atoms with Crippen LogP contribution < -0.4 is 4.74 Å². The molecule has 0 aliphatic carbocycles. The van der Waals surface area contributed by atoms with Gasteiger partial charge in [-0.25, -0.2) is 0 Å². The van der Waals surface area contributed by atoms with E-state index >= 15 is 0 Å². The number of amides is 1. The van der Waals surface area contributed by atoms with Crippen molar-refractivity contribution in [2.75, 3.05) is 27.4 Å². The lowest BCUT2D eigenvalue weighted by molar-refractivity contribution is 0.0723. The van der Waals surface area contributed by atoms with Gasteiger partial charge in [0.15, 0.2) is 0 Å². The number of nitrogens with zero attached hydrogens (tertiary/aromatic N) is 2. The largest absolute Gasteiger partial charge is 0.497 e. The molecule has 1 amide bonds. The van der Waals surface area contributed by atoms with Gasteiger partial charge in [-0.15, -0.1) is 0 Å². The molecule has 2 aromatic carbocycles. The average Bonchev–Trinajstić information content (AvgIpc) is 3.28. The molecular weight excluding hydrogens is 390 g/mol. The molecule has 1 unspecified atom stereocenters. The fourth-order valence-electron chi connectivity index (χ4n) is 3.80. The van der Waals surface area contributed by atoms with Gasteiger partial charge in [-0.3, -0.25) is 9.89 Å². The molecule has 1 aliphatic rings. The van der Waals surface area contributed by atoms with Crippen LogP contribution in [0.2, 0.25) is 5.02 Å². The second-order valence-corrected chi connectivity index (χ2v) is 7.27. The number of ether oxygens (including phenoxy) is 2. The predicted molar refractivity (Wildman–Crippen MR) is 111 cm³/mol. The van der Waals surface area contributed by atoms with Gasteiger partial charge < -0.3 is 14.4 Å². The Bertz CT molecular complexity index is 1020. The van der Waals surface area contributed by atoms with Crippen molar-refractivity contribution in [1.29, 1.82) is 0 Å². The maximum atomic E-state index is 13.2. The van der Waals surface area contributed by atoms with E-state index in [1.165, 1.54) is 0 Å². The molecule has 0 fully saturated rings. The highest BCUT2D eigenvalue weighted by atomic mass is 35.5. The number of hydrogen-bond acceptors (Lipinski definition) is 4. The minimum atomic E-state index is -0.307. The topological polar surface area (TPSA) is 67.5 Å². The maximum Gasteiger partial charge on any atom is 0.273 e. The molecule has 150 valence electrons. The summed E-state index contributed by atoms with van der Waals surface area (Å²) >= 11 is 6.54. The zero-order valence-corrected chi connectivity index (χ0v) is 17.1. The zero-order chi connectivity index (χ0) is 20.4. The molecule has 4 rings (SSSR count). The Morgan fingerprint density at radius 3 is 2.59 bits per heavy atom. The van der Waals surface area contributed by atoms with Crippen molar-refractivity contribution in [3.05, 3.63) is 70.4 Å². The van der Waals surface area contributed by atoms with Crippen LogP contribution in [0.25, 0.3) is 11.3 Å². The molecule has 1 atom stereocenters.